The van der Waals surface area contributed by atoms with E-state index >= 15 is 0 Å². The van der Waals surface area contributed by atoms with Crippen LogP contribution in [0.5, 0.6) is 5.75 Å². The molecule has 5 nitrogen and oxygen atoms in total. The van der Waals surface area contributed by atoms with Gasteiger partial charge in [0.1, 0.15) is 12.4 Å². The summed E-state index contributed by atoms with van der Waals surface area (Å²) in [6.07, 6.45) is 0.210. The molecule has 0 radical (unpaired) electrons. The highest BCUT2D eigenvalue weighted by atomic mass is 35.5. The van der Waals surface area contributed by atoms with Gasteiger partial charge in [-0.3, -0.25) is 9.59 Å². The molecule has 3 aromatic carbocycles. The largest absolute Gasteiger partial charge is 0.489 e. The van der Waals surface area contributed by atoms with Gasteiger partial charge in [0.2, 0.25) is 11.8 Å². The fraction of sp³-hybridized carbons (Fsp3) is 0.200. The normalized spacial score (nSPS) is 15.7. The fourth-order valence-corrected chi connectivity index (χ4v) is 3.61. The van der Waals surface area contributed by atoms with E-state index in [1.54, 1.807) is 17.0 Å². The van der Waals surface area contributed by atoms with Gasteiger partial charge in [0.25, 0.3) is 0 Å². The Morgan fingerprint density at radius 2 is 1.71 bits per heavy atom. The monoisotopic (exact) mass is 434 g/mol. The van der Waals surface area contributed by atoms with Crippen LogP contribution in [0.3, 0.4) is 0 Å². The Morgan fingerprint density at radius 1 is 1.03 bits per heavy atom. The molecule has 3 aromatic rings. The molecule has 1 atom stereocenters. The Hall–Kier alpha value is -3.31. The third-order valence-electron chi connectivity index (χ3n) is 5.28. The Balaban J connectivity index is 1.31. The van der Waals surface area contributed by atoms with Gasteiger partial charge in [-0.05, 0) is 61.0 Å². The molecule has 6 heteroatoms. The predicted octanol–water partition coefficient (Wildman–Crippen LogP) is 5.22. The van der Waals surface area contributed by atoms with E-state index < -0.39 is 0 Å². The first-order valence-corrected chi connectivity index (χ1v) is 10.5. The zero-order valence-electron chi connectivity index (χ0n) is 17.2. The molecule has 0 saturated carbocycles. The first-order chi connectivity index (χ1) is 15.0. The molecular weight excluding hydrogens is 412 g/mol. The van der Waals surface area contributed by atoms with Crippen molar-refractivity contribution < 1.29 is 14.3 Å². The van der Waals surface area contributed by atoms with Gasteiger partial charge in [0.05, 0.1) is 5.92 Å². The number of carbonyl (C=O) groups excluding carboxylic acids is 2. The number of benzene rings is 3. The zero-order valence-corrected chi connectivity index (χ0v) is 17.9. The fourth-order valence-electron chi connectivity index (χ4n) is 3.48. The number of aryl methyl sites for hydroxylation is 1. The zero-order chi connectivity index (χ0) is 21.8. The first kappa shape index (κ1) is 20.9. The molecule has 2 amide bonds. The van der Waals surface area contributed by atoms with Crippen LogP contribution in [-0.4, -0.2) is 18.4 Å². The van der Waals surface area contributed by atoms with Gasteiger partial charge < -0.3 is 15.0 Å². The van der Waals surface area contributed by atoms with Gasteiger partial charge in [-0.15, -0.1) is 0 Å². The topological polar surface area (TPSA) is 58.6 Å². The standard InChI is InChI=1S/C25H23ClN2O3/c1-17-2-10-22(11-3-17)28-15-19(14-24(28)29)25(30)27-21-8-12-23(13-9-21)31-16-18-4-6-20(26)7-5-18/h2-13,19H,14-16H2,1H3,(H,27,30). The molecule has 1 saturated heterocycles. The number of carbonyl (C=O) groups is 2. The van der Waals surface area contributed by atoms with Crippen LogP contribution in [0.4, 0.5) is 11.4 Å². The lowest BCUT2D eigenvalue weighted by atomic mass is 10.1. The predicted molar refractivity (Wildman–Crippen MR) is 122 cm³/mol. The van der Waals surface area contributed by atoms with Crippen LogP contribution >= 0.6 is 11.6 Å². The number of rotatable bonds is 6. The number of ether oxygens (including phenoxy) is 1. The van der Waals surface area contributed by atoms with Crippen molar-refractivity contribution in [3.8, 4) is 5.75 Å². The number of nitrogens with one attached hydrogen (secondary N) is 1. The van der Waals surface area contributed by atoms with Crippen molar-refractivity contribution in [3.05, 3.63) is 88.9 Å². The molecule has 1 N–H and O–H groups in total. The molecule has 1 fully saturated rings. The van der Waals surface area contributed by atoms with Gasteiger partial charge in [0, 0.05) is 29.4 Å². The van der Waals surface area contributed by atoms with Crippen LogP contribution in [0.1, 0.15) is 17.5 Å². The van der Waals surface area contributed by atoms with Crippen LogP contribution in [0.15, 0.2) is 72.8 Å². The highest BCUT2D eigenvalue weighted by molar-refractivity contribution is 6.30. The van der Waals surface area contributed by atoms with Crippen LogP contribution in [0, 0.1) is 12.8 Å². The summed E-state index contributed by atoms with van der Waals surface area (Å²) in [5, 5.41) is 3.59. The minimum Gasteiger partial charge on any atom is -0.489 e. The second-order valence-corrected chi connectivity index (χ2v) is 8.11. The molecule has 0 aliphatic carbocycles. The molecule has 1 heterocycles. The van der Waals surface area contributed by atoms with E-state index in [0.29, 0.717) is 29.6 Å². The van der Waals surface area contributed by atoms with Crippen molar-refractivity contribution in [2.75, 3.05) is 16.8 Å². The van der Waals surface area contributed by atoms with E-state index in [2.05, 4.69) is 5.32 Å². The van der Waals surface area contributed by atoms with Crippen molar-refractivity contribution in [3.63, 3.8) is 0 Å². The van der Waals surface area contributed by atoms with Crippen LogP contribution in [0.25, 0.3) is 0 Å². The highest BCUT2D eigenvalue weighted by Gasteiger charge is 2.35. The van der Waals surface area contributed by atoms with Crippen molar-refractivity contribution in [2.45, 2.75) is 20.0 Å². The number of anilines is 2. The van der Waals surface area contributed by atoms with Crippen molar-refractivity contribution in [2.24, 2.45) is 5.92 Å². The van der Waals surface area contributed by atoms with E-state index in [9.17, 15) is 9.59 Å². The van der Waals surface area contributed by atoms with Crippen LogP contribution in [0.2, 0.25) is 5.02 Å². The Morgan fingerprint density at radius 3 is 2.39 bits per heavy atom. The molecular formula is C25H23ClN2O3. The number of hydrogen-bond acceptors (Lipinski definition) is 3. The van der Waals surface area contributed by atoms with E-state index in [0.717, 1.165) is 16.8 Å². The van der Waals surface area contributed by atoms with Gasteiger partial charge in [-0.1, -0.05) is 41.4 Å². The quantitative estimate of drug-likeness (QED) is 0.578. The Bertz CT molecular complexity index is 1060. The smallest absolute Gasteiger partial charge is 0.229 e. The second-order valence-electron chi connectivity index (χ2n) is 7.67. The Labute approximate surface area is 186 Å². The maximum absolute atomic E-state index is 12.7. The van der Waals surface area contributed by atoms with E-state index in [4.69, 9.17) is 16.3 Å². The average molecular weight is 435 g/mol. The van der Waals surface area contributed by atoms with E-state index in [-0.39, 0.29) is 24.2 Å². The lowest BCUT2D eigenvalue weighted by Crippen LogP contribution is -2.28. The first-order valence-electron chi connectivity index (χ1n) is 10.1. The van der Waals surface area contributed by atoms with Crippen LogP contribution < -0.4 is 15.0 Å². The lowest BCUT2D eigenvalue weighted by molar-refractivity contribution is -0.122. The minimum absolute atomic E-state index is 0.0325. The summed E-state index contributed by atoms with van der Waals surface area (Å²) in [4.78, 5) is 26.8. The molecule has 1 aliphatic rings. The van der Waals surface area contributed by atoms with Crippen LogP contribution in [-0.2, 0) is 16.2 Å². The number of hydrogen-bond donors (Lipinski definition) is 1. The molecule has 0 aromatic heterocycles. The summed E-state index contributed by atoms with van der Waals surface area (Å²) >= 11 is 5.89. The number of halogens is 1. The molecule has 158 valence electrons. The molecule has 31 heavy (non-hydrogen) atoms. The maximum Gasteiger partial charge on any atom is 0.229 e. The molecule has 0 spiro atoms. The summed E-state index contributed by atoms with van der Waals surface area (Å²) in [6, 6.07) is 22.4. The molecule has 4 rings (SSSR count). The summed E-state index contributed by atoms with van der Waals surface area (Å²) in [5.41, 5.74) is 3.65. The van der Waals surface area contributed by atoms with E-state index in [1.165, 1.54) is 0 Å². The summed E-state index contributed by atoms with van der Waals surface area (Å²) in [7, 11) is 0. The third-order valence-corrected chi connectivity index (χ3v) is 5.53. The second kappa shape index (κ2) is 9.23. The van der Waals surface area contributed by atoms with E-state index in [1.807, 2.05) is 67.6 Å². The molecule has 0 bridgehead atoms. The third kappa shape index (κ3) is 5.25. The highest BCUT2D eigenvalue weighted by Crippen LogP contribution is 2.27. The van der Waals surface area contributed by atoms with Gasteiger partial charge in [0.15, 0.2) is 0 Å². The summed E-state index contributed by atoms with van der Waals surface area (Å²) in [5.74, 6) is 0.136. The van der Waals surface area contributed by atoms with Crippen molar-refractivity contribution >= 4 is 34.8 Å². The summed E-state index contributed by atoms with van der Waals surface area (Å²) in [6.45, 7) is 2.82. The van der Waals surface area contributed by atoms with Gasteiger partial charge >= 0.3 is 0 Å². The van der Waals surface area contributed by atoms with Gasteiger partial charge in [-0.2, -0.15) is 0 Å². The molecule has 1 unspecified atom stereocenters. The number of nitrogens with zero attached hydrogens (tertiary/aromatic N) is 1. The average Bonchev–Trinajstić information content (AvgIpc) is 3.17. The van der Waals surface area contributed by atoms with Crippen molar-refractivity contribution in [1.82, 2.24) is 0 Å². The Kier molecular flexibility index (Phi) is 6.23. The minimum atomic E-state index is -0.380. The lowest BCUT2D eigenvalue weighted by Gasteiger charge is -2.17. The SMILES string of the molecule is Cc1ccc(N2CC(C(=O)Nc3ccc(OCc4ccc(Cl)cc4)cc3)CC2=O)cc1. The molecule has 1 aliphatic heterocycles. The maximum atomic E-state index is 12.7. The summed E-state index contributed by atoms with van der Waals surface area (Å²) < 4.78 is 5.77. The van der Waals surface area contributed by atoms with Gasteiger partial charge in [-0.25, -0.2) is 0 Å². The number of amides is 2. The van der Waals surface area contributed by atoms with Crippen molar-refractivity contribution in [1.29, 1.82) is 0 Å².